The molecule has 0 saturated heterocycles. The molecule has 0 fully saturated rings. The lowest BCUT2D eigenvalue weighted by Gasteiger charge is -2.21. The van der Waals surface area contributed by atoms with Gasteiger partial charge in [-0.15, -0.1) is 0 Å². The second kappa shape index (κ2) is 9.68. The van der Waals surface area contributed by atoms with Gasteiger partial charge in [0.15, 0.2) is 0 Å². The van der Waals surface area contributed by atoms with Crippen LogP contribution in [0.15, 0.2) is 29.4 Å². The Balaban J connectivity index is 3.00. The Labute approximate surface area is 156 Å². The van der Waals surface area contributed by atoms with Crippen LogP contribution in [0.25, 0.3) is 0 Å². The standard InChI is InChI=1S/C15H21ClN3O6P/c1-9(2)24-26(22,25-10(3)4)14(13(17)20)19-23-15(21)18-12-7-5-6-11(16)8-12/h5-10H,1-4H3,(H2,17,20)(H,18,21)/b19-14+. The summed E-state index contributed by atoms with van der Waals surface area (Å²) in [6.45, 7) is 6.34. The second-order valence-electron chi connectivity index (χ2n) is 5.60. The molecule has 0 aliphatic heterocycles. The highest BCUT2D eigenvalue weighted by Gasteiger charge is 2.39. The van der Waals surface area contributed by atoms with Crippen molar-refractivity contribution >= 4 is 42.3 Å². The first-order chi connectivity index (χ1) is 12.0. The molecule has 144 valence electrons. The highest BCUT2D eigenvalue weighted by molar-refractivity contribution is 7.75. The average molecular weight is 406 g/mol. The zero-order valence-corrected chi connectivity index (χ0v) is 16.4. The largest absolute Gasteiger partial charge is 0.437 e. The highest BCUT2D eigenvalue weighted by atomic mass is 35.5. The van der Waals surface area contributed by atoms with Gasteiger partial charge in [-0.25, -0.2) is 4.79 Å². The molecule has 0 unspecified atom stereocenters. The summed E-state index contributed by atoms with van der Waals surface area (Å²) in [7, 11) is -4.20. The maximum absolute atomic E-state index is 12.9. The number of benzene rings is 1. The number of nitrogens with two attached hydrogens (primary N) is 1. The van der Waals surface area contributed by atoms with Gasteiger partial charge in [0, 0.05) is 10.7 Å². The Bertz CT molecular complexity index is 724. The van der Waals surface area contributed by atoms with Gasteiger partial charge < -0.3 is 14.8 Å². The van der Waals surface area contributed by atoms with E-state index in [2.05, 4.69) is 15.3 Å². The van der Waals surface area contributed by atoms with Crippen molar-refractivity contribution in [2.75, 3.05) is 5.32 Å². The molecule has 3 N–H and O–H groups in total. The zero-order chi connectivity index (χ0) is 19.9. The first kappa shape index (κ1) is 22.1. The lowest BCUT2D eigenvalue weighted by Crippen LogP contribution is -2.28. The summed E-state index contributed by atoms with van der Waals surface area (Å²) in [5.74, 6) is -1.20. The van der Waals surface area contributed by atoms with E-state index in [0.29, 0.717) is 10.7 Å². The van der Waals surface area contributed by atoms with E-state index in [-0.39, 0.29) is 0 Å². The summed E-state index contributed by atoms with van der Waals surface area (Å²) >= 11 is 5.80. The van der Waals surface area contributed by atoms with Crippen LogP contribution in [-0.4, -0.2) is 29.7 Å². The number of carbonyl (C=O) groups excluding carboxylic acids is 2. The van der Waals surface area contributed by atoms with Crippen molar-refractivity contribution in [2.45, 2.75) is 39.9 Å². The van der Waals surface area contributed by atoms with E-state index in [1.54, 1.807) is 45.9 Å². The van der Waals surface area contributed by atoms with Crippen LogP contribution in [0.5, 0.6) is 0 Å². The Morgan fingerprint density at radius 2 is 1.77 bits per heavy atom. The molecular weight excluding hydrogens is 385 g/mol. The monoisotopic (exact) mass is 405 g/mol. The van der Waals surface area contributed by atoms with E-state index >= 15 is 0 Å². The van der Waals surface area contributed by atoms with Gasteiger partial charge in [-0.2, -0.15) is 0 Å². The van der Waals surface area contributed by atoms with Crippen molar-refractivity contribution in [3.8, 4) is 0 Å². The summed E-state index contributed by atoms with van der Waals surface area (Å²) in [6.07, 6.45) is -2.18. The highest BCUT2D eigenvalue weighted by Crippen LogP contribution is 2.52. The normalized spacial score (nSPS) is 12.3. The van der Waals surface area contributed by atoms with Gasteiger partial charge >= 0.3 is 13.7 Å². The van der Waals surface area contributed by atoms with Crippen LogP contribution in [0.1, 0.15) is 27.7 Å². The van der Waals surface area contributed by atoms with E-state index in [1.807, 2.05) is 0 Å². The molecular formula is C15H21ClN3O6P. The van der Waals surface area contributed by atoms with Crippen molar-refractivity contribution in [3.63, 3.8) is 0 Å². The molecule has 11 heteroatoms. The van der Waals surface area contributed by atoms with E-state index in [9.17, 15) is 14.2 Å². The summed E-state index contributed by atoms with van der Waals surface area (Å²) in [6, 6.07) is 6.25. The fraction of sp³-hybridized carbons (Fsp3) is 0.400. The van der Waals surface area contributed by atoms with Crippen molar-refractivity contribution in [3.05, 3.63) is 29.3 Å². The van der Waals surface area contributed by atoms with Gasteiger partial charge in [-0.05, 0) is 45.9 Å². The minimum absolute atomic E-state index is 0.332. The van der Waals surface area contributed by atoms with Crippen LogP contribution in [0, 0.1) is 0 Å². The first-order valence-corrected chi connectivity index (χ1v) is 9.54. The smallest absolute Gasteiger partial charge is 0.364 e. The van der Waals surface area contributed by atoms with Crippen LogP contribution in [-0.2, 0) is 23.2 Å². The third-order valence-corrected chi connectivity index (χ3v) is 4.92. The Hall–Kier alpha value is -1.93. The quantitative estimate of drug-likeness (QED) is 0.293. The third-order valence-electron chi connectivity index (χ3n) is 2.47. The lowest BCUT2D eigenvalue weighted by molar-refractivity contribution is -0.111. The lowest BCUT2D eigenvalue weighted by atomic mass is 10.3. The number of anilines is 1. The van der Waals surface area contributed by atoms with Crippen LogP contribution < -0.4 is 11.1 Å². The number of nitrogens with one attached hydrogen (secondary N) is 1. The van der Waals surface area contributed by atoms with Crippen LogP contribution >= 0.6 is 19.2 Å². The average Bonchev–Trinajstić information content (AvgIpc) is 2.44. The predicted molar refractivity (Wildman–Crippen MR) is 98.2 cm³/mol. The van der Waals surface area contributed by atoms with Crippen LogP contribution in [0.3, 0.4) is 0 Å². The predicted octanol–water partition coefficient (Wildman–Crippen LogP) is 3.73. The number of oxime groups is 1. The number of halogens is 1. The molecule has 0 spiro atoms. The van der Waals surface area contributed by atoms with Gasteiger partial charge in [-0.1, -0.05) is 22.8 Å². The van der Waals surface area contributed by atoms with Crippen molar-refractivity contribution < 1.29 is 28.0 Å². The molecule has 0 heterocycles. The van der Waals surface area contributed by atoms with E-state index < -0.39 is 37.3 Å². The maximum Gasteiger partial charge on any atom is 0.437 e. The molecule has 0 aromatic heterocycles. The molecule has 9 nitrogen and oxygen atoms in total. The van der Waals surface area contributed by atoms with E-state index in [1.165, 1.54) is 6.07 Å². The minimum atomic E-state index is -4.20. The summed E-state index contributed by atoms with van der Waals surface area (Å²) in [4.78, 5) is 28.1. The number of rotatable bonds is 8. The molecule has 0 atom stereocenters. The van der Waals surface area contributed by atoms with Gasteiger partial charge in [0.05, 0.1) is 12.2 Å². The number of carbonyl (C=O) groups is 2. The molecule has 1 rings (SSSR count). The summed E-state index contributed by atoms with van der Waals surface area (Å²) in [5.41, 5.74) is 4.72. The number of primary amides is 1. The molecule has 0 radical (unpaired) electrons. The van der Waals surface area contributed by atoms with Gasteiger partial charge in [-0.3, -0.25) is 19.5 Å². The minimum Gasteiger partial charge on any atom is -0.364 e. The van der Waals surface area contributed by atoms with Crippen molar-refractivity contribution in [1.29, 1.82) is 0 Å². The molecule has 2 amide bonds. The van der Waals surface area contributed by atoms with Gasteiger partial charge in [0.1, 0.15) is 0 Å². The second-order valence-corrected chi connectivity index (χ2v) is 7.88. The number of hydrogen-bond donors (Lipinski definition) is 2. The number of hydrogen-bond acceptors (Lipinski definition) is 7. The van der Waals surface area contributed by atoms with Crippen molar-refractivity contribution in [1.82, 2.24) is 0 Å². The SMILES string of the molecule is CC(C)OP(=O)(OC(C)C)/C(=N/OC(=O)Nc1cccc(Cl)c1)C(N)=O. The molecule has 0 aliphatic carbocycles. The maximum atomic E-state index is 12.9. The van der Waals surface area contributed by atoms with Crippen LogP contribution in [0.2, 0.25) is 5.02 Å². The topological polar surface area (TPSA) is 129 Å². The Kier molecular flexibility index (Phi) is 8.23. The number of nitrogens with zero attached hydrogens (tertiary/aromatic N) is 1. The molecule has 0 bridgehead atoms. The summed E-state index contributed by atoms with van der Waals surface area (Å²) in [5, 5.41) is 6.03. The van der Waals surface area contributed by atoms with Crippen molar-refractivity contribution in [2.24, 2.45) is 10.9 Å². The molecule has 0 aliphatic rings. The molecule has 0 saturated carbocycles. The fourth-order valence-corrected chi connectivity index (χ4v) is 3.66. The fourth-order valence-electron chi connectivity index (χ4n) is 1.70. The van der Waals surface area contributed by atoms with E-state index in [4.69, 9.17) is 26.4 Å². The number of amides is 2. The molecule has 1 aromatic rings. The molecule has 26 heavy (non-hydrogen) atoms. The Morgan fingerprint density at radius 1 is 1.19 bits per heavy atom. The van der Waals surface area contributed by atoms with Crippen LogP contribution in [0.4, 0.5) is 10.5 Å². The van der Waals surface area contributed by atoms with E-state index in [0.717, 1.165) is 0 Å². The summed E-state index contributed by atoms with van der Waals surface area (Å²) < 4.78 is 23.3. The first-order valence-electron chi connectivity index (χ1n) is 7.62. The third kappa shape index (κ3) is 7.13. The zero-order valence-electron chi connectivity index (χ0n) is 14.8. The Morgan fingerprint density at radius 3 is 2.23 bits per heavy atom. The molecule has 1 aromatic carbocycles. The van der Waals surface area contributed by atoms with Gasteiger partial charge in [0.2, 0.25) is 0 Å². The van der Waals surface area contributed by atoms with Gasteiger partial charge in [0.25, 0.3) is 11.4 Å².